The highest BCUT2D eigenvalue weighted by atomic mass is 79.9. The lowest BCUT2D eigenvalue weighted by molar-refractivity contribution is 0.400. The molecule has 1 aromatic rings. The van der Waals surface area contributed by atoms with Gasteiger partial charge in [-0.2, -0.15) is 0 Å². The summed E-state index contributed by atoms with van der Waals surface area (Å²) in [5, 5.41) is 3.06. The number of hydrogen-bond donors (Lipinski definition) is 2. The van der Waals surface area contributed by atoms with Crippen LogP contribution in [0.1, 0.15) is 19.1 Å². The Morgan fingerprint density at radius 2 is 2.22 bits per heavy atom. The summed E-state index contributed by atoms with van der Waals surface area (Å²) in [6.45, 7) is 7.13. The lowest BCUT2D eigenvalue weighted by atomic mass is 10.4. The second-order valence-corrected chi connectivity index (χ2v) is 6.56. The molecule has 0 fully saturated rings. The smallest absolute Gasteiger partial charge is 0.274 e. The number of halogens is 1. The molecule has 0 unspecified atom stereocenters. The molecule has 2 N–H and O–H groups in total. The van der Waals surface area contributed by atoms with E-state index in [0.29, 0.717) is 16.8 Å². The maximum Gasteiger partial charge on any atom is 0.274 e. The Morgan fingerprint density at radius 3 is 2.83 bits per heavy atom. The van der Waals surface area contributed by atoms with Crippen LogP contribution in [0.25, 0.3) is 0 Å². The molecule has 1 rings (SSSR count). The number of sulfonamides is 1. The van der Waals surface area contributed by atoms with E-state index >= 15 is 0 Å². The molecule has 0 radical (unpaired) electrons. The van der Waals surface area contributed by atoms with E-state index < -0.39 is 10.0 Å². The van der Waals surface area contributed by atoms with Crippen LogP contribution < -0.4 is 10.0 Å². The van der Waals surface area contributed by atoms with Crippen LogP contribution in [0.4, 0.5) is 0 Å². The highest BCUT2D eigenvalue weighted by Gasteiger charge is 2.18. The van der Waals surface area contributed by atoms with E-state index in [0.717, 1.165) is 13.0 Å². The number of furan rings is 1. The highest BCUT2D eigenvalue weighted by molar-refractivity contribution is 9.11. The van der Waals surface area contributed by atoms with Gasteiger partial charge in [0.15, 0.2) is 0 Å². The van der Waals surface area contributed by atoms with Gasteiger partial charge in [0, 0.05) is 11.0 Å². The van der Waals surface area contributed by atoms with Gasteiger partial charge in [-0.15, -0.1) is 0 Å². The third-order valence-corrected chi connectivity index (χ3v) is 3.64. The van der Waals surface area contributed by atoms with E-state index in [1.807, 2.05) is 0 Å². The molecule has 0 aromatic carbocycles. The van der Waals surface area contributed by atoms with Crippen LogP contribution in [0, 0.1) is 0 Å². The largest absolute Gasteiger partial charge is 0.447 e. The second-order valence-electron chi connectivity index (χ2n) is 3.74. The first-order chi connectivity index (χ1) is 8.45. The predicted molar refractivity (Wildman–Crippen MR) is 74.0 cm³/mol. The first kappa shape index (κ1) is 15.4. The van der Waals surface area contributed by atoms with E-state index in [4.69, 9.17) is 4.42 Å². The predicted octanol–water partition coefficient (Wildman–Crippen LogP) is 1.97. The Hall–Kier alpha value is -0.630. The third kappa shape index (κ3) is 4.93. The van der Waals surface area contributed by atoms with Crippen molar-refractivity contribution in [2.45, 2.75) is 25.0 Å². The monoisotopic (exact) mass is 336 g/mol. The van der Waals surface area contributed by atoms with Crippen molar-refractivity contribution in [3.8, 4) is 0 Å². The van der Waals surface area contributed by atoms with Crippen molar-refractivity contribution in [2.75, 3.05) is 13.1 Å². The van der Waals surface area contributed by atoms with Gasteiger partial charge >= 0.3 is 0 Å². The molecule has 0 aliphatic heterocycles. The molecule has 18 heavy (non-hydrogen) atoms. The lowest BCUT2D eigenvalue weighted by Crippen LogP contribution is -2.24. The van der Waals surface area contributed by atoms with Crippen molar-refractivity contribution in [3.05, 3.63) is 29.0 Å². The van der Waals surface area contributed by atoms with Gasteiger partial charge in [-0.05, 0) is 25.1 Å². The maximum absolute atomic E-state index is 11.8. The molecule has 0 bridgehead atoms. The Kier molecular flexibility index (Phi) is 6.07. The average molecular weight is 337 g/mol. The summed E-state index contributed by atoms with van der Waals surface area (Å²) in [5.41, 5.74) is 0. The zero-order chi connectivity index (χ0) is 13.6. The topological polar surface area (TPSA) is 71.3 Å². The van der Waals surface area contributed by atoms with Crippen molar-refractivity contribution in [1.82, 2.24) is 10.0 Å². The summed E-state index contributed by atoms with van der Waals surface area (Å²) >= 11 is 3.08. The first-order valence-corrected chi connectivity index (χ1v) is 7.85. The summed E-state index contributed by atoms with van der Waals surface area (Å²) in [4.78, 5) is 0. The molecule has 0 amide bonds. The van der Waals surface area contributed by atoms with Crippen LogP contribution in [-0.4, -0.2) is 21.5 Å². The molecule has 0 aliphatic rings. The van der Waals surface area contributed by atoms with Gasteiger partial charge in [0.1, 0.15) is 5.76 Å². The fourth-order valence-corrected chi connectivity index (χ4v) is 2.53. The number of rotatable bonds is 8. The van der Waals surface area contributed by atoms with Gasteiger partial charge in [0.05, 0.1) is 6.54 Å². The summed E-state index contributed by atoms with van der Waals surface area (Å²) in [5.74, 6) is 0.599. The highest BCUT2D eigenvalue weighted by Crippen LogP contribution is 2.14. The van der Waals surface area contributed by atoms with E-state index in [2.05, 4.69) is 39.5 Å². The summed E-state index contributed by atoms with van der Waals surface area (Å²) in [7, 11) is -3.60. The molecule has 7 heteroatoms. The molecular formula is C11H17BrN2O3S. The number of nitrogens with one attached hydrogen (secondary N) is 2. The zero-order valence-corrected chi connectivity index (χ0v) is 12.6. The Morgan fingerprint density at radius 1 is 1.50 bits per heavy atom. The summed E-state index contributed by atoms with van der Waals surface area (Å²) < 4.78 is 31.8. The van der Waals surface area contributed by atoms with E-state index in [1.165, 1.54) is 6.07 Å². The van der Waals surface area contributed by atoms with Crippen LogP contribution in [0.5, 0.6) is 0 Å². The fourth-order valence-electron chi connectivity index (χ4n) is 1.23. The molecule has 5 nitrogen and oxygen atoms in total. The summed E-state index contributed by atoms with van der Waals surface area (Å²) in [6.07, 6.45) is 1.01. The summed E-state index contributed by atoms with van der Waals surface area (Å²) in [6, 6.07) is 3.10. The van der Waals surface area contributed by atoms with Crippen LogP contribution in [0.3, 0.4) is 0 Å². The zero-order valence-electron chi connectivity index (χ0n) is 10.2. The van der Waals surface area contributed by atoms with Crippen molar-refractivity contribution in [1.29, 1.82) is 0 Å². The van der Waals surface area contributed by atoms with Gasteiger partial charge < -0.3 is 9.73 Å². The quantitative estimate of drug-likeness (QED) is 0.712. The molecule has 0 aliphatic carbocycles. The van der Waals surface area contributed by atoms with Crippen LogP contribution in [0.15, 0.2) is 32.7 Å². The minimum absolute atomic E-state index is 0.0791. The normalized spacial score (nSPS) is 11.7. The average Bonchev–Trinajstić information content (AvgIpc) is 2.76. The first-order valence-electron chi connectivity index (χ1n) is 5.58. The van der Waals surface area contributed by atoms with Crippen molar-refractivity contribution in [2.24, 2.45) is 0 Å². The molecular weight excluding hydrogens is 320 g/mol. The van der Waals surface area contributed by atoms with Gasteiger partial charge in [-0.1, -0.05) is 29.4 Å². The second kappa shape index (κ2) is 7.08. The molecule has 0 spiro atoms. The van der Waals surface area contributed by atoms with E-state index in [-0.39, 0.29) is 11.6 Å². The van der Waals surface area contributed by atoms with Crippen LogP contribution >= 0.6 is 15.9 Å². The Bertz CT molecular complexity index is 496. The standard InChI is InChI=1S/C11H17BrN2O3S/c1-3-6-13-8-10-4-5-11(17-10)18(15,16)14-7-9(2)12/h4-5,13-14H,2-3,6-8H2,1H3. The SMILES string of the molecule is C=C(Br)CNS(=O)(=O)c1ccc(CNCCC)o1. The van der Waals surface area contributed by atoms with Crippen LogP contribution in [-0.2, 0) is 16.6 Å². The lowest BCUT2D eigenvalue weighted by Gasteiger charge is -2.03. The minimum Gasteiger partial charge on any atom is -0.447 e. The third-order valence-electron chi connectivity index (χ3n) is 2.08. The molecule has 0 atom stereocenters. The van der Waals surface area contributed by atoms with E-state index in [9.17, 15) is 8.42 Å². The molecule has 102 valence electrons. The molecule has 1 heterocycles. The van der Waals surface area contributed by atoms with Gasteiger partial charge in [-0.3, -0.25) is 0 Å². The van der Waals surface area contributed by atoms with E-state index in [1.54, 1.807) is 6.07 Å². The molecule has 1 aromatic heterocycles. The molecule has 0 saturated heterocycles. The Labute approximate surface area is 116 Å². The maximum atomic E-state index is 11.8. The van der Waals surface area contributed by atoms with Crippen LogP contribution in [0.2, 0.25) is 0 Å². The van der Waals surface area contributed by atoms with Gasteiger partial charge in [-0.25, -0.2) is 13.1 Å². The van der Waals surface area contributed by atoms with Crippen molar-refractivity contribution in [3.63, 3.8) is 0 Å². The van der Waals surface area contributed by atoms with Crippen molar-refractivity contribution < 1.29 is 12.8 Å². The fraction of sp³-hybridized carbons (Fsp3) is 0.455. The van der Waals surface area contributed by atoms with Gasteiger partial charge in [0.25, 0.3) is 10.0 Å². The minimum atomic E-state index is -3.60. The van der Waals surface area contributed by atoms with Gasteiger partial charge in [0.2, 0.25) is 5.09 Å². The Balaban J connectivity index is 2.63. The van der Waals surface area contributed by atoms with Crippen molar-refractivity contribution >= 4 is 26.0 Å². The molecule has 0 saturated carbocycles. The number of hydrogen-bond acceptors (Lipinski definition) is 4.